The number of urea groups is 2. The number of amides is 4. The molecule has 0 aromatic heterocycles. The first-order chi connectivity index (χ1) is 13.4. The van der Waals surface area contributed by atoms with Gasteiger partial charge in [0.1, 0.15) is 0 Å². The molecule has 0 spiro atoms. The molecule has 2 aromatic carbocycles. The van der Waals surface area contributed by atoms with Crippen molar-refractivity contribution < 1.29 is 14.8 Å². The van der Waals surface area contributed by atoms with Crippen molar-refractivity contribution >= 4 is 46.6 Å². The van der Waals surface area contributed by atoms with Crippen LogP contribution in [-0.4, -0.2) is 30.4 Å². The molecule has 0 saturated heterocycles. The summed E-state index contributed by atoms with van der Waals surface area (Å²) in [5, 5.41) is 19.2. The van der Waals surface area contributed by atoms with Gasteiger partial charge in [0, 0.05) is 18.8 Å². The third kappa shape index (κ3) is 6.92. The maximum atomic E-state index is 11.9. The van der Waals surface area contributed by atoms with Gasteiger partial charge in [0.2, 0.25) is 0 Å². The first-order valence-corrected chi connectivity index (χ1v) is 9.46. The molecule has 7 nitrogen and oxygen atoms in total. The Labute approximate surface area is 173 Å². The summed E-state index contributed by atoms with van der Waals surface area (Å²) in [4.78, 5) is 23.7. The summed E-state index contributed by atoms with van der Waals surface area (Å²) in [5.74, 6) is 0. The summed E-state index contributed by atoms with van der Waals surface area (Å²) in [5.41, 5.74) is 1.88. The van der Waals surface area contributed by atoms with Crippen molar-refractivity contribution in [2.24, 2.45) is 0 Å². The molecule has 0 radical (unpaired) electrons. The van der Waals surface area contributed by atoms with Crippen molar-refractivity contribution in [2.75, 3.05) is 23.5 Å². The number of carbonyl (C=O) groups excluding carboxylic acids is 2. The van der Waals surface area contributed by atoms with Gasteiger partial charge in [0.25, 0.3) is 0 Å². The van der Waals surface area contributed by atoms with Crippen LogP contribution < -0.4 is 21.0 Å². The molecule has 0 atom stereocenters. The van der Waals surface area contributed by atoms with Gasteiger partial charge >= 0.3 is 12.1 Å². The van der Waals surface area contributed by atoms with Crippen LogP contribution in [0, 0.1) is 6.92 Å². The van der Waals surface area contributed by atoms with E-state index in [1.807, 2.05) is 13.0 Å². The van der Waals surface area contributed by atoms with Crippen LogP contribution in [0.3, 0.4) is 0 Å². The molecule has 0 bridgehead atoms. The average Bonchev–Trinajstić information content (AvgIpc) is 2.66. The summed E-state index contributed by atoms with van der Waals surface area (Å²) in [7, 11) is 0. The van der Waals surface area contributed by atoms with Crippen molar-refractivity contribution in [1.29, 1.82) is 0 Å². The lowest BCUT2D eigenvalue weighted by Crippen LogP contribution is -2.38. The molecular weight excluding hydrogens is 403 g/mol. The third-order valence-corrected chi connectivity index (χ3v) is 4.52. The zero-order valence-corrected chi connectivity index (χ0v) is 16.8. The van der Waals surface area contributed by atoms with Crippen LogP contribution in [-0.2, 0) is 0 Å². The Morgan fingerprint density at radius 1 is 1.00 bits per heavy atom. The minimum Gasteiger partial charge on any atom is -0.338 e. The molecule has 0 unspecified atom stereocenters. The number of hydrogen-bond acceptors (Lipinski definition) is 3. The summed E-state index contributed by atoms with van der Waals surface area (Å²) >= 11 is 11.7. The van der Waals surface area contributed by atoms with Crippen LogP contribution in [0.5, 0.6) is 0 Å². The number of hydroxylamine groups is 1. The van der Waals surface area contributed by atoms with Crippen molar-refractivity contribution in [2.45, 2.75) is 19.8 Å². The van der Waals surface area contributed by atoms with E-state index in [2.05, 4.69) is 16.0 Å². The second kappa shape index (κ2) is 10.8. The number of unbranched alkanes of at least 4 members (excludes halogenated alkanes) is 1. The van der Waals surface area contributed by atoms with Gasteiger partial charge < -0.3 is 16.0 Å². The first kappa shape index (κ1) is 21.8. The zero-order valence-electron chi connectivity index (χ0n) is 15.3. The fourth-order valence-corrected chi connectivity index (χ4v) is 2.65. The predicted molar refractivity (Wildman–Crippen MR) is 112 cm³/mol. The normalized spacial score (nSPS) is 10.3. The maximum absolute atomic E-state index is 11.9. The standard InChI is InChI=1S/C19H22Cl2N4O3/c1-13-5-4-6-15(11-13)25(28)19(27)23-10-3-2-9-22-18(26)24-14-7-8-16(20)17(21)12-14/h4-8,11-12,28H,2-3,9-10H2,1H3,(H,23,27)(H2,22,24,26). The van der Waals surface area contributed by atoms with Crippen LogP contribution in [0.4, 0.5) is 21.0 Å². The highest BCUT2D eigenvalue weighted by atomic mass is 35.5. The molecule has 2 rings (SSSR count). The molecular formula is C19H22Cl2N4O3. The SMILES string of the molecule is Cc1cccc(N(O)C(=O)NCCCCNC(=O)Nc2ccc(Cl)c(Cl)c2)c1. The van der Waals surface area contributed by atoms with E-state index in [9.17, 15) is 14.8 Å². The number of aryl methyl sites for hydroxylation is 1. The van der Waals surface area contributed by atoms with Crippen molar-refractivity contribution in [3.8, 4) is 0 Å². The Bertz CT molecular complexity index is 833. The summed E-state index contributed by atoms with van der Waals surface area (Å²) < 4.78 is 0. The van der Waals surface area contributed by atoms with Gasteiger partial charge in [0.05, 0.1) is 15.7 Å². The van der Waals surface area contributed by atoms with E-state index in [1.165, 1.54) is 0 Å². The smallest absolute Gasteiger partial charge is 0.338 e. The molecule has 2 aromatic rings. The molecule has 0 saturated carbocycles. The summed E-state index contributed by atoms with van der Waals surface area (Å²) in [6.45, 7) is 2.68. The Hall–Kier alpha value is -2.48. The van der Waals surface area contributed by atoms with Crippen LogP contribution in [0.25, 0.3) is 0 Å². The molecule has 0 aliphatic rings. The van der Waals surface area contributed by atoms with Crippen LogP contribution >= 0.6 is 23.2 Å². The number of carbonyl (C=O) groups is 2. The van der Waals surface area contributed by atoms with E-state index >= 15 is 0 Å². The van der Waals surface area contributed by atoms with Crippen LogP contribution in [0.2, 0.25) is 10.0 Å². The third-order valence-electron chi connectivity index (χ3n) is 3.78. The minimum absolute atomic E-state index is 0.358. The molecule has 9 heteroatoms. The number of nitrogens with one attached hydrogen (secondary N) is 3. The van der Waals surface area contributed by atoms with Gasteiger partial charge in [-0.15, -0.1) is 0 Å². The van der Waals surface area contributed by atoms with E-state index in [4.69, 9.17) is 23.2 Å². The average molecular weight is 425 g/mol. The Morgan fingerprint density at radius 2 is 1.71 bits per heavy atom. The molecule has 4 amide bonds. The maximum Gasteiger partial charge on any atom is 0.345 e. The van der Waals surface area contributed by atoms with E-state index in [-0.39, 0.29) is 6.03 Å². The largest absolute Gasteiger partial charge is 0.345 e. The summed E-state index contributed by atoms with van der Waals surface area (Å²) in [6, 6.07) is 10.8. The molecule has 150 valence electrons. The molecule has 28 heavy (non-hydrogen) atoms. The van der Waals surface area contributed by atoms with Gasteiger partial charge in [-0.25, -0.2) is 9.59 Å². The van der Waals surface area contributed by atoms with Gasteiger partial charge in [-0.05, 0) is 55.7 Å². The van der Waals surface area contributed by atoms with Crippen LogP contribution in [0.15, 0.2) is 42.5 Å². The lowest BCUT2D eigenvalue weighted by atomic mass is 10.2. The topological polar surface area (TPSA) is 93.7 Å². The van der Waals surface area contributed by atoms with Crippen molar-refractivity contribution in [1.82, 2.24) is 10.6 Å². The summed E-state index contributed by atoms with van der Waals surface area (Å²) in [6.07, 6.45) is 1.30. The minimum atomic E-state index is -0.601. The monoisotopic (exact) mass is 424 g/mol. The lowest BCUT2D eigenvalue weighted by Gasteiger charge is -2.16. The number of hydrogen-bond donors (Lipinski definition) is 4. The van der Waals surface area contributed by atoms with Crippen molar-refractivity contribution in [3.05, 3.63) is 58.1 Å². The molecule has 0 fully saturated rings. The highest BCUT2D eigenvalue weighted by Crippen LogP contribution is 2.24. The predicted octanol–water partition coefficient (Wildman–Crippen LogP) is 4.81. The first-order valence-electron chi connectivity index (χ1n) is 8.70. The number of halogens is 2. The van der Waals surface area contributed by atoms with E-state index in [1.54, 1.807) is 36.4 Å². The van der Waals surface area contributed by atoms with E-state index in [0.29, 0.717) is 52.4 Å². The van der Waals surface area contributed by atoms with E-state index in [0.717, 1.165) is 5.56 Å². The highest BCUT2D eigenvalue weighted by Gasteiger charge is 2.12. The van der Waals surface area contributed by atoms with Gasteiger partial charge in [-0.1, -0.05) is 35.3 Å². The van der Waals surface area contributed by atoms with Crippen LogP contribution in [0.1, 0.15) is 18.4 Å². The van der Waals surface area contributed by atoms with Gasteiger partial charge in [-0.3, -0.25) is 5.21 Å². The number of anilines is 2. The fraction of sp³-hybridized carbons (Fsp3) is 0.263. The van der Waals surface area contributed by atoms with Gasteiger partial charge in [0.15, 0.2) is 0 Å². The van der Waals surface area contributed by atoms with Gasteiger partial charge in [-0.2, -0.15) is 5.06 Å². The fourth-order valence-electron chi connectivity index (χ4n) is 2.35. The molecule has 0 heterocycles. The molecule has 4 N–H and O–H groups in total. The highest BCUT2D eigenvalue weighted by molar-refractivity contribution is 6.42. The zero-order chi connectivity index (χ0) is 20.5. The molecule has 0 aliphatic carbocycles. The Morgan fingerprint density at radius 3 is 2.39 bits per heavy atom. The van der Waals surface area contributed by atoms with Crippen molar-refractivity contribution in [3.63, 3.8) is 0 Å². The number of nitrogens with zero attached hydrogens (tertiary/aromatic N) is 1. The number of rotatable bonds is 7. The quantitative estimate of drug-likeness (QED) is 0.291. The molecule has 0 aliphatic heterocycles. The second-order valence-corrected chi connectivity index (χ2v) is 6.91. The lowest BCUT2D eigenvalue weighted by molar-refractivity contribution is 0.204. The Balaban J connectivity index is 1.61. The van der Waals surface area contributed by atoms with E-state index < -0.39 is 6.03 Å². The second-order valence-electron chi connectivity index (χ2n) is 6.10. The Kier molecular flexibility index (Phi) is 8.38. The number of benzene rings is 2.